The maximum atomic E-state index is 12.1. The molecule has 0 aliphatic rings. The molecule has 2 aromatic rings. The SMILES string of the molecule is CC(C)c1nnsc1C(=O)NCCC(N)c1ccccc1. The second-order valence-corrected chi connectivity index (χ2v) is 5.96. The number of benzene rings is 1. The third-order valence-electron chi connectivity index (χ3n) is 3.24. The Bertz CT molecular complexity index is 582. The first-order chi connectivity index (χ1) is 10.1. The van der Waals surface area contributed by atoms with E-state index in [-0.39, 0.29) is 17.9 Å². The fourth-order valence-corrected chi connectivity index (χ4v) is 2.76. The van der Waals surface area contributed by atoms with Crippen molar-refractivity contribution in [2.24, 2.45) is 5.73 Å². The molecule has 0 bridgehead atoms. The highest BCUT2D eigenvalue weighted by molar-refractivity contribution is 7.08. The van der Waals surface area contributed by atoms with Gasteiger partial charge in [-0.3, -0.25) is 4.79 Å². The van der Waals surface area contributed by atoms with Gasteiger partial charge in [0.05, 0.1) is 5.69 Å². The van der Waals surface area contributed by atoms with E-state index in [9.17, 15) is 4.79 Å². The molecule has 1 amide bonds. The van der Waals surface area contributed by atoms with Crippen molar-refractivity contribution < 1.29 is 4.79 Å². The Morgan fingerprint density at radius 1 is 1.33 bits per heavy atom. The van der Waals surface area contributed by atoms with Gasteiger partial charge in [0.1, 0.15) is 4.88 Å². The Morgan fingerprint density at radius 3 is 2.71 bits per heavy atom. The molecule has 1 heterocycles. The lowest BCUT2D eigenvalue weighted by Gasteiger charge is -2.12. The maximum Gasteiger partial charge on any atom is 0.264 e. The molecular formula is C15H20N4OS. The number of carbonyl (C=O) groups is 1. The van der Waals surface area contributed by atoms with Crippen LogP contribution in [-0.2, 0) is 0 Å². The minimum Gasteiger partial charge on any atom is -0.351 e. The summed E-state index contributed by atoms with van der Waals surface area (Å²) in [7, 11) is 0. The van der Waals surface area contributed by atoms with Gasteiger partial charge in [0, 0.05) is 12.6 Å². The molecule has 1 aromatic carbocycles. The highest BCUT2D eigenvalue weighted by atomic mass is 32.1. The molecule has 1 unspecified atom stereocenters. The molecule has 0 saturated carbocycles. The van der Waals surface area contributed by atoms with Crippen molar-refractivity contribution in [1.29, 1.82) is 0 Å². The summed E-state index contributed by atoms with van der Waals surface area (Å²) in [6.45, 7) is 4.53. The van der Waals surface area contributed by atoms with Gasteiger partial charge in [-0.25, -0.2) is 0 Å². The minimum atomic E-state index is -0.117. The largest absolute Gasteiger partial charge is 0.351 e. The van der Waals surface area contributed by atoms with E-state index in [1.165, 1.54) is 0 Å². The fourth-order valence-electron chi connectivity index (χ4n) is 2.02. The predicted molar refractivity (Wildman–Crippen MR) is 84.3 cm³/mol. The first-order valence-electron chi connectivity index (χ1n) is 7.00. The van der Waals surface area contributed by atoms with Gasteiger partial charge in [0.15, 0.2) is 0 Å². The molecule has 0 aliphatic heterocycles. The number of aromatic nitrogens is 2. The molecule has 3 N–H and O–H groups in total. The Hall–Kier alpha value is -1.79. The molecule has 0 aliphatic carbocycles. The van der Waals surface area contributed by atoms with E-state index in [0.29, 0.717) is 17.8 Å². The Labute approximate surface area is 128 Å². The number of amides is 1. The Balaban J connectivity index is 1.86. The molecule has 0 radical (unpaired) electrons. The first-order valence-corrected chi connectivity index (χ1v) is 7.78. The maximum absolute atomic E-state index is 12.1. The van der Waals surface area contributed by atoms with E-state index in [1.54, 1.807) is 0 Å². The molecule has 1 atom stereocenters. The third kappa shape index (κ3) is 4.09. The number of nitrogens with zero attached hydrogens (tertiary/aromatic N) is 2. The molecular weight excluding hydrogens is 284 g/mol. The van der Waals surface area contributed by atoms with Crippen LogP contribution in [0.15, 0.2) is 30.3 Å². The molecule has 0 fully saturated rings. The van der Waals surface area contributed by atoms with Gasteiger partial charge >= 0.3 is 0 Å². The van der Waals surface area contributed by atoms with Gasteiger partial charge in [-0.05, 0) is 29.4 Å². The van der Waals surface area contributed by atoms with Crippen LogP contribution in [0.2, 0.25) is 0 Å². The van der Waals surface area contributed by atoms with Crippen molar-refractivity contribution in [2.45, 2.75) is 32.2 Å². The zero-order valence-electron chi connectivity index (χ0n) is 12.2. The fraction of sp³-hybridized carbons (Fsp3) is 0.400. The molecule has 5 nitrogen and oxygen atoms in total. The predicted octanol–water partition coefficient (Wildman–Crippen LogP) is 2.48. The average molecular weight is 304 g/mol. The van der Waals surface area contributed by atoms with Crippen LogP contribution in [0.4, 0.5) is 0 Å². The summed E-state index contributed by atoms with van der Waals surface area (Å²) in [4.78, 5) is 12.7. The van der Waals surface area contributed by atoms with Gasteiger partial charge < -0.3 is 11.1 Å². The second kappa shape index (κ2) is 7.28. The number of hydrogen-bond acceptors (Lipinski definition) is 5. The van der Waals surface area contributed by atoms with Gasteiger partial charge in [-0.2, -0.15) is 0 Å². The van der Waals surface area contributed by atoms with Crippen LogP contribution >= 0.6 is 11.5 Å². The summed E-state index contributed by atoms with van der Waals surface area (Å²) in [6.07, 6.45) is 0.693. The molecule has 6 heteroatoms. The van der Waals surface area contributed by atoms with Crippen molar-refractivity contribution in [1.82, 2.24) is 14.9 Å². The van der Waals surface area contributed by atoms with Gasteiger partial charge in [0.25, 0.3) is 5.91 Å². The summed E-state index contributed by atoms with van der Waals surface area (Å²) in [5.74, 6) is 0.0741. The highest BCUT2D eigenvalue weighted by Gasteiger charge is 2.18. The zero-order valence-corrected chi connectivity index (χ0v) is 13.1. The monoisotopic (exact) mass is 304 g/mol. The summed E-state index contributed by atoms with van der Waals surface area (Å²) < 4.78 is 3.86. The molecule has 0 saturated heterocycles. The molecule has 2 rings (SSSR count). The Morgan fingerprint density at radius 2 is 2.05 bits per heavy atom. The van der Waals surface area contributed by atoms with E-state index in [4.69, 9.17) is 5.73 Å². The standard InChI is InChI=1S/C15H20N4OS/c1-10(2)13-14(21-19-18-13)15(20)17-9-8-12(16)11-6-4-3-5-7-11/h3-7,10,12H,8-9,16H2,1-2H3,(H,17,20). The summed E-state index contributed by atoms with van der Waals surface area (Å²) in [5.41, 5.74) is 7.94. The van der Waals surface area contributed by atoms with E-state index in [2.05, 4.69) is 14.9 Å². The number of rotatable bonds is 6. The topological polar surface area (TPSA) is 80.9 Å². The first kappa shape index (κ1) is 15.6. The number of hydrogen-bond donors (Lipinski definition) is 2. The summed E-state index contributed by atoms with van der Waals surface area (Å²) in [6, 6.07) is 9.81. The number of nitrogens with one attached hydrogen (secondary N) is 1. The van der Waals surface area contributed by atoms with Crippen LogP contribution in [0.3, 0.4) is 0 Å². The van der Waals surface area contributed by atoms with Crippen molar-refractivity contribution in [3.63, 3.8) is 0 Å². The number of carbonyl (C=O) groups excluding carboxylic acids is 1. The lowest BCUT2D eigenvalue weighted by atomic mass is 10.1. The quantitative estimate of drug-likeness (QED) is 0.859. The summed E-state index contributed by atoms with van der Waals surface area (Å²) in [5, 5.41) is 6.90. The van der Waals surface area contributed by atoms with Crippen LogP contribution in [0, 0.1) is 0 Å². The van der Waals surface area contributed by atoms with E-state index >= 15 is 0 Å². The van der Waals surface area contributed by atoms with Crippen molar-refractivity contribution in [3.8, 4) is 0 Å². The highest BCUT2D eigenvalue weighted by Crippen LogP contribution is 2.19. The second-order valence-electron chi connectivity index (χ2n) is 5.20. The van der Waals surface area contributed by atoms with Crippen LogP contribution in [-0.4, -0.2) is 22.0 Å². The van der Waals surface area contributed by atoms with Gasteiger partial charge in [-0.15, -0.1) is 5.10 Å². The lowest BCUT2D eigenvalue weighted by molar-refractivity contribution is 0.0955. The van der Waals surface area contributed by atoms with Crippen molar-refractivity contribution >= 4 is 17.4 Å². The van der Waals surface area contributed by atoms with Gasteiger partial charge in [-0.1, -0.05) is 48.7 Å². The van der Waals surface area contributed by atoms with Crippen LogP contribution in [0.5, 0.6) is 0 Å². The molecule has 0 spiro atoms. The van der Waals surface area contributed by atoms with Crippen molar-refractivity contribution in [2.75, 3.05) is 6.54 Å². The molecule has 21 heavy (non-hydrogen) atoms. The lowest BCUT2D eigenvalue weighted by Crippen LogP contribution is -2.27. The smallest absolute Gasteiger partial charge is 0.264 e. The third-order valence-corrected chi connectivity index (χ3v) is 3.98. The normalized spacial score (nSPS) is 12.4. The average Bonchev–Trinajstić information content (AvgIpc) is 2.97. The van der Waals surface area contributed by atoms with Crippen LogP contribution in [0.1, 0.15) is 53.2 Å². The minimum absolute atomic E-state index is 0.0735. The summed E-state index contributed by atoms with van der Waals surface area (Å²) >= 11 is 1.14. The van der Waals surface area contributed by atoms with E-state index in [1.807, 2.05) is 44.2 Å². The van der Waals surface area contributed by atoms with Crippen LogP contribution in [0.25, 0.3) is 0 Å². The van der Waals surface area contributed by atoms with Gasteiger partial charge in [0.2, 0.25) is 0 Å². The van der Waals surface area contributed by atoms with Crippen molar-refractivity contribution in [3.05, 3.63) is 46.5 Å². The van der Waals surface area contributed by atoms with E-state index in [0.717, 1.165) is 22.8 Å². The molecule has 1 aromatic heterocycles. The zero-order chi connectivity index (χ0) is 15.2. The van der Waals surface area contributed by atoms with E-state index < -0.39 is 0 Å². The van der Waals surface area contributed by atoms with Crippen LogP contribution < -0.4 is 11.1 Å². The number of nitrogens with two attached hydrogens (primary N) is 1. The molecule has 112 valence electrons. The Kier molecular flexibility index (Phi) is 5.41.